The van der Waals surface area contributed by atoms with Crippen LogP contribution < -0.4 is 4.74 Å². The van der Waals surface area contributed by atoms with E-state index in [1.165, 1.54) is 18.2 Å². The Kier molecular flexibility index (Phi) is 3.67. The highest BCUT2D eigenvalue weighted by Gasteiger charge is 2.17. The van der Waals surface area contributed by atoms with Crippen LogP contribution in [0.5, 0.6) is 11.5 Å². The minimum Gasteiger partial charge on any atom is -0.450 e. The molecule has 2 rings (SSSR count). The monoisotopic (exact) mass is 268 g/mol. The van der Waals surface area contributed by atoms with E-state index in [4.69, 9.17) is 10.00 Å². The van der Waals surface area contributed by atoms with Gasteiger partial charge in [-0.15, -0.1) is 0 Å². The first-order valence-electron chi connectivity index (χ1n) is 5.95. The van der Waals surface area contributed by atoms with E-state index in [1.54, 1.807) is 6.07 Å². The second-order valence-corrected chi connectivity index (χ2v) is 4.42. The van der Waals surface area contributed by atoms with Gasteiger partial charge in [0.1, 0.15) is 5.75 Å². The number of nitriles is 1. The highest BCUT2D eigenvalue weighted by atomic mass is 16.6. The molecule has 0 unspecified atom stereocenters. The number of hydrogen-bond acceptors (Lipinski definition) is 4. The molecule has 0 saturated heterocycles. The number of aryl methyl sites for hydroxylation is 2. The van der Waals surface area contributed by atoms with Gasteiger partial charge in [0.05, 0.1) is 16.6 Å². The summed E-state index contributed by atoms with van der Waals surface area (Å²) < 4.78 is 5.63. The lowest BCUT2D eigenvalue weighted by molar-refractivity contribution is -0.385. The third kappa shape index (κ3) is 2.75. The largest absolute Gasteiger partial charge is 0.450 e. The van der Waals surface area contributed by atoms with Crippen LogP contribution in [0.25, 0.3) is 0 Å². The van der Waals surface area contributed by atoms with Crippen LogP contribution in [0.4, 0.5) is 5.69 Å². The Morgan fingerprint density at radius 1 is 1.15 bits per heavy atom. The smallest absolute Gasteiger partial charge is 0.311 e. The molecule has 5 nitrogen and oxygen atoms in total. The first kappa shape index (κ1) is 13.6. The van der Waals surface area contributed by atoms with Crippen molar-refractivity contribution in [3.8, 4) is 17.6 Å². The third-order valence-electron chi connectivity index (χ3n) is 2.85. The Bertz CT molecular complexity index is 718. The molecular weight excluding hydrogens is 256 g/mol. The van der Waals surface area contributed by atoms with E-state index in [1.807, 2.05) is 32.0 Å². The fraction of sp³-hybridized carbons (Fsp3) is 0.133. The zero-order chi connectivity index (χ0) is 14.7. The van der Waals surface area contributed by atoms with Crippen LogP contribution in [0.3, 0.4) is 0 Å². The van der Waals surface area contributed by atoms with E-state index in [-0.39, 0.29) is 11.4 Å². The molecule has 0 spiro atoms. The zero-order valence-corrected chi connectivity index (χ0v) is 11.1. The lowest BCUT2D eigenvalue weighted by Crippen LogP contribution is -1.95. The summed E-state index contributed by atoms with van der Waals surface area (Å²) in [7, 11) is 0. The molecule has 100 valence electrons. The zero-order valence-electron chi connectivity index (χ0n) is 11.1. The molecule has 2 aromatic rings. The molecule has 0 atom stereocenters. The average Bonchev–Trinajstić information content (AvgIpc) is 2.42. The average molecular weight is 268 g/mol. The number of benzene rings is 2. The molecule has 0 heterocycles. The Labute approximate surface area is 116 Å². The highest BCUT2D eigenvalue weighted by molar-refractivity contribution is 5.53. The number of ether oxygens (including phenoxy) is 1. The minimum atomic E-state index is -0.526. The maximum atomic E-state index is 11.0. The Hall–Kier alpha value is -2.87. The van der Waals surface area contributed by atoms with E-state index in [0.29, 0.717) is 11.3 Å². The molecular formula is C15H12N2O3. The summed E-state index contributed by atoms with van der Waals surface area (Å²) in [6, 6.07) is 11.6. The molecule has 0 bridgehead atoms. The second kappa shape index (κ2) is 5.41. The summed E-state index contributed by atoms with van der Waals surface area (Å²) in [4.78, 5) is 10.5. The molecule has 0 aromatic heterocycles. The standard InChI is InChI=1S/C15H12N2O3/c1-10-3-4-11(2)14(7-10)20-15-8-12(9-16)5-6-13(15)17(18)19/h3-8H,1-2H3. The summed E-state index contributed by atoms with van der Waals surface area (Å²) in [5.41, 5.74) is 2.01. The van der Waals surface area contributed by atoms with Crippen molar-refractivity contribution in [3.05, 3.63) is 63.2 Å². The van der Waals surface area contributed by atoms with Crippen LogP contribution in [-0.2, 0) is 0 Å². The summed E-state index contributed by atoms with van der Waals surface area (Å²) in [5.74, 6) is 0.617. The quantitative estimate of drug-likeness (QED) is 0.625. The van der Waals surface area contributed by atoms with E-state index >= 15 is 0 Å². The lowest BCUT2D eigenvalue weighted by Gasteiger charge is -2.10. The van der Waals surface area contributed by atoms with Gasteiger partial charge < -0.3 is 4.74 Å². The number of nitro benzene ring substituents is 1. The fourth-order valence-corrected chi connectivity index (χ4v) is 1.75. The van der Waals surface area contributed by atoms with E-state index < -0.39 is 4.92 Å². The van der Waals surface area contributed by atoms with Crippen molar-refractivity contribution >= 4 is 5.69 Å². The molecule has 5 heteroatoms. The maximum absolute atomic E-state index is 11.0. The molecule has 0 aliphatic heterocycles. The fourth-order valence-electron chi connectivity index (χ4n) is 1.75. The maximum Gasteiger partial charge on any atom is 0.311 e. The number of hydrogen-bond donors (Lipinski definition) is 0. The van der Waals surface area contributed by atoms with Gasteiger partial charge in [-0.2, -0.15) is 5.26 Å². The van der Waals surface area contributed by atoms with Crippen molar-refractivity contribution in [2.75, 3.05) is 0 Å². The Morgan fingerprint density at radius 3 is 2.55 bits per heavy atom. The first-order valence-corrected chi connectivity index (χ1v) is 5.95. The van der Waals surface area contributed by atoms with E-state index in [9.17, 15) is 10.1 Å². The normalized spacial score (nSPS) is 9.85. The van der Waals surface area contributed by atoms with Crippen LogP contribution in [0.2, 0.25) is 0 Å². The topological polar surface area (TPSA) is 76.2 Å². The van der Waals surface area contributed by atoms with Gasteiger partial charge in [0, 0.05) is 12.1 Å². The predicted molar refractivity (Wildman–Crippen MR) is 73.8 cm³/mol. The molecule has 0 N–H and O–H groups in total. The molecule has 2 aromatic carbocycles. The highest BCUT2D eigenvalue weighted by Crippen LogP contribution is 2.33. The molecule has 0 fully saturated rings. The van der Waals surface area contributed by atoms with Gasteiger partial charge in [0.15, 0.2) is 0 Å². The number of nitrogens with zero attached hydrogens (tertiary/aromatic N) is 2. The lowest BCUT2D eigenvalue weighted by atomic mass is 10.1. The van der Waals surface area contributed by atoms with Gasteiger partial charge in [-0.25, -0.2) is 0 Å². The van der Waals surface area contributed by atoms with Crippen molar-refractivity contribution in [2.45, 2.75) is 13.8 Å². The SMILES string of the molecule is Cc1ccc(C)c(Oc2cc(C#N)ccc2[N+](=O)[O-])c1. The third-order valence-corrected chi connectivity index (χ3v) is 2.85. The van der Waals surface area contributed by atoms with Gasteiger partial charge in [-0.3, -0.25) is 10.1 Å². The van der Waals surface area contributed by atoms with Crippen LogP contribution in [0.1, 0.15) is 16.7 Å². The van der Waals surface area contributed by atoms with Crippen LogP contribution in [0.15, 0.2) is 36.4 Å². The minimum absolute atomic E-state index is 0.0720. The molecule has 0 aliphatic carbocycles. The Balaban J connectivity index is 2.49. The molecule has 0 aliphatic rings. The summed E-state index contributed by atoms with van der Waals surface area (Å²) >= 11 is 0. The second-order valence-electron chi connectivity index (χ2n) is 4.42. The van der Waals surface area contributed by atoms with Gasteiger partial charge in [-0.05, 0) is 37.1 Å². The van der Waals surface area contributed by atoms with E-state index in [0.717, 1.165) is 11.1 Å². The van der Waals surface area contributed by atoms with Gasteiger partial charge in [0.25, 0.3) is 0 Å². The van der Waals surface area contributed by atoms with Crippen molar-refractivity contribution in [1.82, 2.24) is 0 Å². The molecule has 0 amide bonds. The predicted octanol–water partition coefficient (Wildman–Crippen LogP) is 3.88. The van der Waals surface area contributed by atoms with Crippen molar-refractivity contribution in [1.29, 1.82) is 5.26 Å². The van der Waals surface area contributed by atoms with Crippen molar-refractivity contribution in [3.63, 3.8) is 0 Å². The van der Waals surface area contributed by atoms with Crippen LogP contribution >= 0.6 is 0 Å². The van der Waals surface area contributed by atoms with Gasteiger partial charge in [0.2, 0.25) is 5.75 Å². The first-order chi connectivity index (χ1) is 9.51. The number of nitro groups is 1. The van der Waals surface area contributed by atoms with E-state index in [2.05, 4.69) is 0 Å². The number of rotatable bonds is 3. The summed E-state index contributed by atoms with van der Waals surface area (Å²) in [6.45, 7) is 3.77. The van der Waals surface area contributed by atoms with Crippen LogP contribution in [0, 0.1) is 35.3 Å². The molecule has 20 heavy (non-hydrogen) atoms. The summed E-state index contributed by atoms with van der Waals surface area (Å²) in [5, 5.41) is 19.9. The molecule has 0 radical (unpaired) electrons. The molecule has 0 saturated carbocycles. The van der Waals surface area contributed by atoms with Gasteiger partial charge in [-0.1, -0.05) is 12.1 Å². The van der Waals surface area contributed by atoms with Crippen molar-refractivity contribution in [2.24, 2.45) is 0 Å². The summed E-state index contributed by atoms with van der Waals surface area (Å²) in [6.07, 6.45) is 0. The Morgan fingerprint density at radius 2 is 1.90 bits per heavy atom. The van der Waals surface area contributed by atoms with Crippen LogP contribution in [-0.4, -0.2) is 4.92 Å². The van der Waals surface area contributed by atoms with Crippen molar-refractivity contribution < 1.29 is 9.66 Å². The van der Waals surface area contributed by atoms with Gasteiger partial charge >= 0.3 is 5.69 Å².